The van der Waals surface area contributed by atoms with Gasteiger partial charge >= 0.3 is 0 Å². The third-order valence-corrected chi connectivity index (χ3v) is 4.26. The van der Waals surface area contributed by atoms with Crippen LogP contribution in [0.2, 0.25) is 10.0 Å². The normalized spacial score (nSPS) is 10.5. The summed E-state index contributed by atoms with van der Waals surface area (Å²) in [5.74, 6) is -0.315. The van der Waals surface area contributed by atoms with Crippen molar-refractivity contribution >= 4 is 40.8 Å². The molecule has 8 heteroatoms. The Balaban J connectivity index is 2.08. The van der Waals surface area contributed by atoms with Crippen molar-refractivity contribution in [3.8, 4) is 0 Å². The highest BCUT2D eigenvalue weighted by molar-refractivity contribution is 6.42. The molecule has 0 spiro atoms. The molecule has 0 aliphatic carbocycles. The van der Waals surface area contributed by atoms with Crippen LogP contribution in [0.25, 0.3) is 0 Å². The van der Waals surface area contributed by atoms with Crippen LogP contribution in [0.5, 0.6) is 0 Å². The number of carbonyl (C=O) groups is 2. The average Bonchev–Trinajstić information content (AvgIpc) is 3.09. The molecule has 0 aliphatic rings. The summed E-state index contributed by atoms with van der Waals surface area (Å²) >= 11 is 11.9. The van der Waals surface area contributed by atoms with Crippen molar-refractivity contribution in [1.82, 2.24) is 10.1 Å². The number of amides is 2. The van der Waals surface area contributed by atoms with E-state index in [4.69, 9.17) is 23.2 Å². The molecule has 1 N–H and O–H groups in total. The molecule has 1 aromatic carbocycles. The SMILES string of the molecule is CCCCCN(CC(=O)Nc1ccon1)C(=O)c1ccc(Cl)c(Cl)c1. The van der Waals surface area contributed by atoms with Crippen LogP contribution in [0.3, 0.4) is 0 Å². The quantitative estimate of drug-likeness (QED) is 0.691. The molecule has 0 radical (unpaired) electrons. The summed E-state index contributed by atoms with van der Waals surface area (Å²) in [6, 6.07) is 6.20. The minimum absolute atomic E-state index is 0.0876. The molecule has 2 amide bonds. The van der Waals surface area contributed by atoms with E-state index in [0.717, 1.165) is 19.3 Å². The second-order valence-corrected chi connectivity index (χ2v) is 6.31. The van der Waals surface area contributed by atoms with Gasteiger partial charge in [-0.1, -0.05) is 48.1 Å². The molecule has 0 aliphatic heterocycles. The van der Waals surface area contributed by atoms with Crippen LogP contribution in [0.1, 0.15) is 36.5 Å². The fourth-order valence-corrected chi connectivity index (χ4v) is 2.55. The number of rotatable bonds is 8. The van der Waals surface area contributed by atoms with Crippen LogP contribution in [-0.2, 0) is 4.79 Å². The maximum Gasteiger partial charge on any atom is 0.254 e. The van der Waals surface area contributed by atoms with Crippen molar-refractivity contribution in [2.75, 3.05) is 18.4 Å². The van der Waals surface area contributed by atoms with Crippen LogP contribution in [0, 0.1) is 0 Å². The number of aromatic nitrogens is 1. The van der Waals surface area contributed by atoms with Gasteiger partial charge in [-0.15, -0.1) is 0 Å². The summed E-state index contributed by atoms with van der Waals surface area (Å²) in [7, 11) is 0. The van der Waals surface area contributed by atoms with Gasteiger partial charge in [0.15, 0.2) is 5.82 Å². The van der Waals surface area contributed by atoms with Gasteiger partial charge in [-0.3, -0.25) is 9.59 Å². The van der Waals surface area contributed by atoms with Crippen molar-refractivity contribution in [1.29, 1.82) is 0 Å². The van der Waals surface area contributed by atoms with E-state index < -0.39 is 0 Å². The Morgan fingerprint density at radius 3 is 2.64 bits per heavy atom. The maximum atomic E-state index is 12.8. The van der Waals surface area contributed by atoms with Gasteiger partial charge in [0.2, 0.25) is 5.91 Å². The fourth-order valence-electron chi connectivity index (χ4n) is 2.25. The smallest absolute Gasteiger partial charge is 0.254 e. The Hall–Kier alpha value is -2.05. The number of hydrogen-bond acceptors (Lipinski definition) is 4. The summed E-state index contributed by atoms with van der Waals surface area (Å²) in [5, 5.41) is 6.88. The second kappa shape index (κ2) is 9.44. The zero-order valence-corrected chi connectivity index (χ0v) is 15.3. The first-order valence-electron chi connectivity index (χ1n) is 7.95. The number of carbonyl (C=O) groups excluding carboxylic acids is 2. The molecule has 2 aromatic rings. The van der Waals surface area contributed by atoms with Gasteiger partial charge in [-0.2, -0.15) is 0 Å². The van der Waals surface area contributed by atoms with Crippen LogP contribution in [-0.4, -0.2) is 35.0 Å². The van der Waals surface area contributed by atoms with E-state index in [0.29, 0.717) is 28.0 Å². The van der Waals surface area contributed by atoms with Crippen molar-refractivity contribution in [2.24, 2.45) is 0 Å². The van der Waals surface area contributed by atoms with Crippen molar-refractivity contribution in [2.45, 2.75) is 26.2 Å². The Morgan fingerprint density at radius 1 is 1.20 bits per heavy atom. The molecule has 6 nitrogen and oxygen atoms in total. The van der Waals surface area contributed by atoms with Gasteiger partial charge in [-0.25, -0.2) is 0 Å². The van der Waals surface area contributed by atoms with Gasteiger partial charge in [0.25, 0.3) is 5.91 Å². The Morgan fingerprint density at radius 2 is 2.00 bits per heavy atom. The number of halogens is 2. The fraction of sp³-hybridized carbons (Fsp3) is 0.353. The first-order valence-corrected chi connectivity index (χ1v) is 8.71. The third-order valence-electron chi connectivity index (χ3n) is 3.53. The van der Waals surface area contributed by atoms with Gasteiger partial charge in [0.05, 0.1) is 10.0 Å². The van der Waals surface area contributed by atoms with E-state index in [9.17, 15) is 9.59 Å². The Kier molecular flexibility index (Phi) is 7.28. The molecule has 25 heavy (non-hydrogen) atoms. The molecule has 0 unspecified atom stereocenters. The number of anilines is 1. The van der Waals surface area contributed by atoms with Crippen LogP contribution in [0.15, 0.2) is 35.1 Å². The Bertz CT molecular complexity index is 720. The van der Waals surface area contributed by atoms with E-state index in [1.165, 1.54) is 23.3 Å². The summed E-state index contributed by atoms with van der Waals surface area (Å²) < 4.78 is 4.67. The number of unbranched alkanes of at least 4 members (excludes halogenated alkanes) is 2. The minimum Gasteiger partial charge on any atom is -0.363 e. The monoisotopic (exact) mass is 383 g/mol. The first-order chi connectivity index (χ1) is 12.0. The molecule has 2 rings (SSSR count). The molecule has 1 aromatic heterocycles. The molecule has 0 saturated heterocycles. The van der Waals surface area contributed by atoms with Crippen molar-refractivity contribution in [3.63, 3.8) is 0 Å². The molecular weight excluding hydrogens is 365 g/mol. The molecular formula is C17H19Cl2N3O3. The average molecular weight is 384 g/mol. The molecule has 0 bridgehead atoms. The van der Waals surface area contributed by atoms with E-state index >= 15 is 0 Å². The summed E-state index contributed by atoms with van der Waals surface area (Å²) in [4.78, 5) is 26.4. The standard InChI is InChI=1S/C17H19Cl2N3O3/c1-2-3-4-8-22(11-16(23)20-15-7-9-25-21-15)17(24)12-5-6-13(18)14(19)10-12/h5-7,9-10H,2-4,8,11H2,1H3,(H,20,21,23). The summed E-state index contributed by atoms with van der Waals surface area (Å²) in [6.45, 7) is 2.46. The van der Waals surface area contributed by atoms with E-state index in [1.54, 1.807) is 12.1 Å². The zero-order valence-electron chi connectivity index (χ0n) is 13.8. The largest absolute Gasteiger partial charge is 0.363 e. The molecule has 1 heterocycles. The number of nitrogens with zero attached hydrogens (tertiary/aromatic N) is 2. The van der Waals surface area contributed by atoms with Gasteiger partial charge in [0, 0.05) is 18.2 Å². The predicted molar refractivity (Wildman–Crippen MR) is 97.0 cm³/mol. The highest BCUT2D eigenvalue weighted by atomic mass is 35.5. The maximum absolute atomic E-state index is 12.8. The summed E-state index contributed by atoms with van der Waals surface area (Å²) in [5.41, 5.74) is 0.389. The lowest BCUT2D eigenvalue weighted by molar-refractivity contribution is -0.117. The predicted octanol–water partition coefficient (Wildman–Crippen LogP) is 4.25. The van der Waals surface area contributed by atoms with Crippen LogP contribution in [0.4, 0.5) is 5.82 Å². The van der Waals surface area contributed by atoms with E-state index in [2.05, 4.69) is 21.9 Å². The number of hydrogen-bond donors (Lipinski definition) is 1. The molecule has 0 saturated carbocycles. The highest BCUT2D eigenvalue weighted by Gasteiger charge is 2.20. The van der Waals surface area contributed by atoms with E-state index in [1.807, 2.05) is 0 Å². The summed E-state index contributed by atoms with van der Waals surface area (Å²) in [6.07, 6.45) is 4.15. The molecule has 0 atom stereocenters. The number of benzene rings is 1. The van der Waals surface area contributed by atoms with E-state index in [-0.39, 0.29) is 18.4 Å². The lowest BCUT2D eigenvalue weighted by Gasteiger charge is -2.22. The lowest BCUT2D eigenvalue weighted by Crippen LogP contribution is -2.38. The topological polar surface area (TPSA) is 75.4 Å². The second-order valence-electron chi connectivity index (χ2n) is 5.50. The molecule has 0 fully saturated rings. The van der Waals surface area contributed by atoms with Crippen molar-refractivity contribution < 1.29 is 14.1 Å². The highest BCUT2D eigenvalue weighted by Crippen LogP contribution is 2.23. The first kappa shape index (κ1) is 19.3. The van der Waals surface area contributed by atoms with Crippen LogP contribution < -0.4 is 5.32 Å². The zero-order chi connectivity index (χ0) is 18.2. The van der Waals surface area contributed by atoms with Crippen molar-refractivity contribution in [3.05, 3.63) is 46.1 Å². The van der Waals surface area contributed by atoms with Gasteiger partial charge in [0.1, 0.15) is 12.8 Å². The number of nitrogens with one attached hydrogen (secondary N) is 1. The Labute approximate surface area is 156 Å². The molecule has 134 valence electrons. The van der Waals surface area contributed by atoms with Crippen LogP contribution >= 0.6 is 23.2 Å². The van der Waals surface area contributed by atoms with Gasteiger partial charge < -0.3 is 14.7 Å². The minimum atomic E-state index is -0.348. The van der Waals surface area contributed by atoms with Gasteiger partial charge in [-0.05, 0) is 24.6 Å². The third kappa shape index (κ3) is 5.76. The lowest BCUT2D eigenvalue weighted by atomic mass is 10.1.